The lowest BCUT2D eigenvalue weighted by Gasteiger charge is -2.17. The number of halogens is 1. The Balaban J connectivity index is 1.99. The molecule has 0 unspecified atom stereocenters. The number of rotatable bonds is 1. The lowest BCUT2D eigenvalue weighted by molar-refractivity contribution is 0.500. The van der Waals surface area contributed by atoms with Gasteiger partial charge in [0.15, 0.2) is 0 Å². The third kappa shape index (κ3) is 2.03. The Morgan fingerprint density at radius 1 is 1.18 bits per heavy atom. The number of nitrogens with zero attached hydrogens (tertiary/aromatic N) is 3. The molecule has 4 rings (SSSR count). The van der Waals surface area contributed by atoms with Crippen molar-refractivity contribution >= 4 is 27.0 Å². The van der Waals surface area contributed by atoms with Crippen molar-refractivity contribution in [2.45, 2.75) is 25.8 Å². The largest absolute Gasteiger partial charge is 0.328 e. The minimum Gasteiger partial charge on any atom is -0.328 e. The van der Waals surface area contributed by atoms with Crippen molar-refractivity contribution in [3.8, 4) is 11.3 Å². The molecule has 0 saturated carbocycles. The van der Waals surface area contributed by atoms with Crippen LogP contribution < -0.4 is 5.56 Å². The van der Waals surface area contributed by atoms with Crippen molar-refractivity contribution in [2.24, 2.45) is 7.05 Å². The fourth-order valence-corrected chi connectivity index (χ4v) is 3.47. The van der Waals surface area contributed by atoms with Gasteiger partial charge in [-0.2, -0.15) is 0 Å². The molecule has 0 saturated heterocycles. The third-order valence-corrected chi connectivity index (χ3v) is 4.92. The number of hydrogen-bond donors (Lipinski definition) is 0. The van der Waals surface area contributed by atoms with Gasteiger partial charge in [-0.05, 0) is 36.6 Å². The molecule has 1 aromatic carbocycles. The first-order chi connectivity index (χ1) is 10.6. The molecule has 0 bridgehead atoms. The van der Waals surface area contributed by atoms with E-state index in [4.69, 9.17) is 4.98 Å². The molecular weight excluding hydrogens is 342 g/mol. The molecule has 0 aliphatic carbocycles. The van der Waals surface area contributed by atoms with E-state index in [-0.39, 0.29) is 5.56 Å². The summed E-state index contributed by atoms with van der Waals surface area (Å²) in [5, 5.41) is 0.714. The van der Waals surface area contributed by atoms with Crippen LogP contribution in [0.25, 0.3) is 22.3 Å². The fraction of sp³-hybridized carbons (Fsp3) is 0.294. The van der Waals surface area contributed by atoms with Crippen LogP contribution in [0, 0.1) is 0 Å². The fourth-order valence-electron chi connectivity index (χ4n) is 3.20. The van der Waals surface area contributed by atoms with E-state index < -0.39 is 0 Å². The zero-order valence-corrected chi connectivity index (χ0v) is 13.9. The summed E-state index contributed by atoms with van der Waals surface area (Å²) >= 11 is 3.46. The standard InChI is InChI=1S/C17H16BrN3O/c1-20-14(11-5-7-12(18)8-6-11)10-13-16(20)19-15-4-2-3-9-21(15)17(13)22/h5-8,10H,2-4,9H2,1H3. The molecule has 0 N–H and O–H groups in total. The van der Waals surface area contributed by atoms with Crippen LogP contribution in [0.4, 0.5) is 0 Å². The van der Waals surface area contributed by atoms with Crippen LogP contribution in [0.1, 0.15) is 18.7 Å². The molecule has 1 aliphatic rings. The van der Waals surface area contributed by atoms with Gasteiger partial charge in [0.2, 0.25) is 0 Å². The van der Waals surface area contributed by atoms with Gasteiger partial charge < -0.3 is 4.57 Å². The van der Waals surface area contributed by atoms with Gasteiger partial charge in [-0.25, -0.2) is 4.98 Å². The number of benzene rings is 1. The average molecular weight is 358 g/mol. The first-order valence-electron chi connectivity index (χ1n) is 7.50. The van der Waals surface area contributed by atoms with Crippen LogP contribution >= 0.6 is 15.9 Å². The zero-order chi connectivity index (χ0) is 15.3. The minimum atomic E-state index is 0.0960. The van der Waals surface area contributed by atoms with Crippen LogP contribution in [-0.4, -0.2) is 14.1 Å². The normalized spacial score (nSPS) is 14.3. The van der Waals surface area contributed by atoms with Gasteiger partial charge in [-0.3, -0.25) is 9.36 Å². The second-order valence-corrected chi connectivity index (χ2v) is 6.69. The van der Waals surface area contributed by atoms with Gasteiger partial charge in [-0.15, -0.1) is 0 Å². The second-order valence-electron chi connectivity index (χ2n) is 5.77. The number of aromatic nitrogens is 3. The molecular formula is C17H16BrN3O. The van der Waals surface area contributed by atoms with Gasteiger partial charge in [0.05, 0.1) is 11.1 Å². The number of hydrogen-bond acceptors (Lipinski definition) is 2. The van der Waals surface area contributed by atoms with E-state index in [0.717, 1.165) is 53.0 Å². The van der Waals surface area contributed by atoms with E-state index >= 15 is 0 Å². The lowest BCUT2D eigenvalue weighted by atomic mass is 10.1. The summed E-state index contributed by atoms with van der Waals surface area (Å²) in [6, 6.07) is 10.1. The Labute approximate surface area is 136 Å². The van der Waals surface area contributed by atoms with E-state index in [9.17, 15) is 4.79 Å². The maximum Gasteiger partial charge on any atom is 0.263 e. The van der Waals surface area contributed by atoms with Crippen molar-refractivity contribution in [3.63, 3.8) is 0 Å². The van der Waals surface area contributed by atoms with Crippen LogP contribution in [0.15, 0.2) is 39.6 Å². The van der Waals surface area contributed by atoms with Gasteiger partial charge in [0.25, 0.3) is 5.56 Å². The summed E-state index contributed by atoms with van der Waals surface area (Å²) in [4.78, 5) is 17.5. The monoisotopic (exact) mass is 357 g/mol. The molecule has 112 valence electrons. The van der Waals surface area contributed by atoms with Crippen molar-refractivity contribution in [2.75, 3.05) is 0 Å². The summed E-state index contributed by atoms with van der Waals surface area (Å²) in [5.74, 6) is 0.923. The summed E-state index contributed by atoms with van der Waals surface area (Å²) in [7, 11) is 1.98. The summed E-state index contributed by atoms with van der Waals surface area (Å²) in [6.07, 6.45) is 3.07. The zero-order valence-electron chi connectivity index (χ0n) is 12.3. The van der Waals surface area contributed by atoms with Crippen molar-refractivity contribution < 1.29 is 0 Å². The van der Waals surface area contributed by atoms with E-state index in [0.29, 0.717) is 5.39 Å². The molecule has 0 radical (unpaired) electrons. The summed E-state index contributed by atoms with van der Waals surface area (Å²) in [5.41, 5.74) is 3.00. The molecule has 0 amide bonds. The highest BCUT2D eigenvalue weighted by Crippen LogP contribution is 2.26. The maximum absolute atomic E-state index is 12.7. The van der Waals surface area contributed by atoms with Crippen LogP contribution in [0.2, 0.25) is 0 Å². The predicted molar refractivity (Wildman–Crippen MR) is 91.0 cm³/mol. The third-order valence-electron chi connectivity index (χ3n) is 4.40. The molecule has 22 heavy (non-hydrogen) atoms. The topological polar surface area (TPSA) is 39.8 Å². The second kappa shape index (κ2) is 5.09. The molecule has 0 fully saturated rings. The molecule has 5 heteroatoms. The summed E-state index contributed by atoms with van der Waals surface area (Å²) in [6.45, 7) is 0.791. The first kappa shape index (κ1) is 13.8. The van der Waals surface area contributed by atoms with E-state index in [1.807, 2.05) is 34.4 Å². The van der Waals surface area contributed by atoms with Gasteiger partial charge >= 0.3 is 0 Å². The quantitative estimate of drug-likeness (QED) is 0.668. The molecule has 1 aliphatic heterocycles. The number of fused-ring (bicyclic) bond motifs is 2. The number of aryl methyl sites for hydroxylation is 2. The highest BCUT2D eigenvalue weighted by atomic mass is 79.9. The summed E-state index contributed by atoms with van der Waals surface area (Å²) < 4.78 is 4.91. The van der Waals surface area contributed by atoms with Crippen LogP contribution in [0.3, 0.4) is 0 Å². The highest BCUT2D eigenvalue weighted by Gasteiger charge is 2.18. The minimum absolute atomic E-state index is 0.0960. The molecule has 3 aromatic rings. The SMILES string of the molecule is Cn1c(-c2ccc(Br)cc2)cc2c(=O)n3c(nc21)CCCC3. The molecule has 4 nitrogen and oxygen atoms in total. The Morgan fingerprint density at radius 3 is 2.73 bits per heavy atom. The van der Waals surface area contributed by atoms with Crippen molar-refractivity contribution in [1.82, 2.24) is 14.1 Å². The Morgan fingerprint density at radius 2 is 1.95 bits per heavy atom. The Kier molecular flexibility index (Phi) is 3.18. The average Bonchev–Trinajstić information content (AvgIpc) is 2.86. The van der Waals surface area contributed by atoms with Crippen LogP contribution in [0.5, 0.6) is 0 Å². The smallest absolute Gasteiger partial charge is 0.263 e. The molecule has 3 heterocycles. The van der Waals surface area contributed by atoms with Crippen molar-refractivity contribution in [1.29, 1.82) is 0 Å². The molecule has 2 aromatic heterocycles. The highest BCUT2D eigenvalue weighted by molar-refractivity contribution is 9.10. The van der Waals surface area contributed by atoms with E-state index in [2.05, 4.69) is 28.1 Å². The molecule has 0 atom stereocenters. The van der Waals surface area contributed by atoms with Crippen molar-refractivity contribution in [3.05, 3.63) is 51.0 Å². The Bertz CT molecular complexity index is 922. The lowest BCUT2D eigenvalue weighted by Crippen LogP contribution is -2.28. The van der Waals surface area contributed by atoms with Gasteiger partial charge in [-0.1, -0.05) is 28.1 Å². The van der Waals surface area contributed by atoms with Gasteiger partial charge in [0, 0.05) is 24.5 Å². The maximum atomic E-state index is 12.7. The first-order valence-corrected chi connectivity index (χ1v) is 8.29. The van der Waals surface area contributed by atoms with Gasteiger partial charge in [0.1, 0.15) is 11.5 Å². The van der Waals surface area contributed by atoms with E-state index in [1.165, 1.54) is 0 Å². The molecule has 0 spiro atoms. The Hall–Kier alpha value is -1.88. The van der Waals surface area contributed by atoms with E-state index in [1.54, 1.807) is 0 Å². The predicted octanol–water partition coefficient (Wildman–Crippen LogP) is 3.50. The van der Waals surface area contributed by atoms with Crippen LogP contribution in [-0.2, 0) is 20.0 Å².